The Labute approximate surface area is 182 Å². The molecule has 0 amide bonds. The van der Waals surface area contributed by atoms with E-state index >= 15 is 0 Å². The third-order valence-corrected chi connectivity index (χ3v) is 5.00. The van der Waals surface area contributed by atoms with Gasteiger partial charge in [0.1, 0.15) is 0 Å². The molecule has 1 fully saturated rings. The lowest BCUT2D eigenvalue weighted by Crippen LogP contribution is -2.48. The van der Waals surface area contributed by atoms with Gasteiger partial charge in [-0.15, -0.1) is 24.0 Å². The van der Waals surface area contributed by atoms with Crippen LogP contribution in [-0.4, -0.2) is 56.8 Å². The van der Waals surface area contributed by atoms with Crippen LogP contribution in [0.3, 0.4) is 0 Å². The number of methoxy groups -OCH3 is 1. The van der Waals surface area contributed by atoms with Gasteiger partial charge in [-0.3, -0.25) is 0 Å². The average molecular weight is 488 g/mol. The fourth-order valence-corrected chi connectivity index (χ4v) is 3.47. The van der Waals surface area contributed by atoms with Gasteiger partial charge < -0.3 is 20.3 Å². The van der Waals surface area contributed by atoms with E-state index in [1.54, 1.807) is 7.11 Å². The van der Waals surface area contributed by atoms with Crippen molar-refractivity contribution in [3.8, 4) is 0 Å². The molecule has 0 radical (unpaired) electrons. The third kappa shape index (κ3) is 8.79. The first kappa shape index (κ1) is 24.2. The number of aryl methyl sites for hydroxylation is 1. The molecule has 154 valence electrons. The number of benzene rings is 1. The van der Waals surface area contributed by atoms with Gasteiger partial charge in [0.05, 0.1) is 6.54 Å². The van der Waals surface area contributed by atoms with E-state index in [0.29, 0.717) is 6.04 Å². The quantitative estimate of drug-likeness (QED) is 0.242. The summed E-state index contributed by atoms with van der Waals surface area (Å²) in [4.78, 5) is 7.37. The molecule has 0 unspecified atom stereocenters. The van der Waals surface area contributed by atoms with Crippen molar-refractivity contribution in [1.82, 2.24) is 15.5 Å². The van der Waals surface area contributed by atoms with Crippen molar-refractivity contribution < 1.29 is 4.74 Å². The van der Waals surface area contributed by atoms with Crippen molar-refractivity contribution in [2.45, 2.75) is 52.1 Å². The largest absolute Gasteiger partial charge is 0.385 e. The Hall–Kier alpha value is -0.860. The molecule has 2 N–H and O–H groups in total. The molecule has 0 aliphatic carbocycles. The van der Waals surface area contributed by atoms with E-state index in [-0.39, 0.29) is 24.0 Å². The Morgan fingerprint density at radius 3 is 2.52 bits per heavy atom. The maximum atomic E-state index is 5.15. The summed E-state index contributed by atoms with van der Waals surface area (Å²) in [5.74, 6) is 0.941. The molecular formula is C21H37IN4O. The summed E-state index contributed by atoms with van der Waals surface area (Å²) in [5, 5.41) is 7.04. The highest BCUT2D eigenvalue weighted by molar-refractivity contribution is 14.0. The van der Waals surface area contributed by atoms with Crippen LogP contribution in [0.25, 0.3) is 0 Å². The molecule has 6 heteroatoms. The van der Waals surface area contributed by atoms with E-state index in [2.05, 4.69) is 53.6 Å². The first-order chi connectivity index (χ1) is 12.8. The normalized spacial score (nSPS) is 16.0. The summed E-state index contributed by atoms with van der Waals surface area (Å²) in [6.07, 6.45) is 4.51. The maximum Gasteiger partial charge on any atom is 0.191 e. The molecule has 0 bridgehead atoms. The van der Waals surface area contributed by atoms with Crippen molar-refractivity contribution >= 4 is 29.9 Å². The van der Waals surface area contributed by atoms with E-state index in [1.165, 1.54) is 24.0 Å². The van der Waals surface area contributed by atoms with Gasteiger partial charge in [-0.25, -0.2) is 4.99 Å². The van der Waals surface area contributed by atoms with E-state index in [9.17, 15) is 0 Å². The summed E-state index contributed by atoms with van der Waals surface area (Å²) in [7, 11) is 1.77. The molecule has 0 atom stereocenters. The lowest BCUT2D eigenvalue weighted by Gasteiger charge is -2.33. The Balaban J connectivity index is 0.00000364. The second-order valence-corrected chi connectivity index (χ2v) is 6.92. The molecule has 0 spiro atoms. The van der Waals surface area contributed by atoms with Gasteiger partial charge in [0.2, 0.25) is 0 Å². The standard InChI is InChI=1S/C21H36N4O.HI/c1-4-18-9-6-7-10-19(18)17-23-21(22-5-2)24-20-11-14-25(15-12-20)13-8-16-26-3;/h6-7,9-10,20H,4-5,8,11-17H2,1-3H3,(H2,22,23,24);1H. The molecule has 27 heavy (non-hydrogen) atoms. The van der Waals surface area contributed by atoms with Gasteiger partial charge >= 0.3 is 0 Å². The molecule has 5 nitrogen and oxygen atoms in total. The zero-order valence-corrected chi connectivity index (χ0v) is 19.5. The van der Waals surface area contributed by atoms with Crippen molar-refractivity contribution in [3.05, 3.63) is 35.4 Å². The highest BCUT2D eigenvalue weighted by Crippen LogP contribution is 2.12. The first-order valence-electron chi connectivity index (χ1n) is 10.1. The fraction of sp³-hybridized carbons (Fsp3) is 0.667. The molecular weight excluding hydrogens is 451 g/mol. The minimum Gasteiger partial charge on any atom is -0.385 e. The number of aliphatic imine (C=N–C) groups is 1. The van der Waals surface area contributed by atoms with Crippen LogP contribution in [0.5, 0.6) is 0 Å². The smallest absolute Gasteiger partial charge is 0.191 e. The topological polar surface area (TPSA) is 48.9 Å². The van der Waals surface area contributed by atoms with Crippen LogP contribution >= 0.6 is 24.0 Å². The Bertz CT molecular complexity index is 545. The zero-order chi connectivity index (χ0) is 18.6. The molecule has 0 aromatic heterocycles. The number of nitrogens with zero attached hydrogens (tertiary/aromatic N) is 2. The fourth-order valence-electron chi connectivity index (χ4n) is 3.47. The van der Waals surface area contributed by atoms with Crippen LogP contribution < -0.4 is 10.6 Å². The lowest BCUT2D eigenvalue weighted by molar-refractivity contribution is 0.155. The van der Waals surface area contributed by atoms with Gasteiger partial charge in [0.15, 0.2) is 5.96 Å². The van der Waals surface area contributed by atoms with Crippen LogP contribution in [0.1, 0.15) is 44.2 Å². The number of hydrogen-bond acceptors (Lipinski definition) is 3. The summed E-state index contributed by atoms with van der Waals surface area (Å²) >= 11 is 0. The van der Waals surface area contributed by atoms with Crippen molar-refractivity contribution in [3.63, 3.8) is 0 Å². The number of likely N-dealkylation sites (tertiary alicyclic amines) is 1. The van der Waals surface area contributed by atoms with E-state index in [0.717, 1.165) is 58.1 Å². The predicted octanol–water partition coefficient (Wildman–Crippen LogP) is 3.42. The SMILES string of the molecule is CCNC(=NCc1ccccc1CC)NC1CCN(CCCOC)CC1.I. The minimum atomic E-state index is 0. The Kier molecular flexibility index (Phi) is 12.7. The van der Waals surface area contributed by atoms with Crippen molar-refractivity contribution in [2.24, 2.45) is 4.99 Å². The van der Waals surface area contributed by atoms with Gasteiger partial charge in [-0.05, 0) is 43.7 Å². The Morgan fingerprint density at radius 1 is 1.19 bits per heavy atom. The summed E-state index contributed by atoms with van der Waals surface area (Å²) < 4.78 is 5.15. The molecule has 1 heterocycles. The molecule has 1 aliphatic heterocycles. The zero-order valence-electron chi connectivity index (χ0n) is 17.2. The van der Waals surface area contributed by atoms with Crippen LogP contribution in [0.4, 0.5) is 0 Å². The molecule has 1 aromatic carbocycles. The number of piperidine rings is 1. The highest BCUT2D eigenvalue weighted by Gasteiger charge is 2.19. The highest BCUT2D eigenvalue weighted by atomic mass is 127. The number of ether oxygens (including phenoxy) is 1. The molecule has 1 aromatic rings. The second-order valence-electron chi connectivity index (χ2n) is 6.92. The minimum absolute atomic E-state index is 0. The number of halogens is 1. The molecule has 2 rings (SSSR count). The van der Waals surface area contributed by atoms with Crippen molar-refractivity contribution in [2.75, 3.05) is 39.9 Å². The first-order valence-corrected chi connectivity index (χ1v) is 10.1. The van der Waals surface area contributed by atoms with Crippen LogP contribution in [0, 0.1) is 0 Å². The van der Waals surface area contributed by atoms with E-state index in [4.69, 9.17) is 9.73 Å². The molecule has 1 aliphatic rings. The van der Waals surface area contributed by atoms with Crippen molar-refractivity contribution in [1.29, 1.82) is 0 Å². The third-order valence-electron chi connectivity index (χ3n) is 5.00. The summed E-state index contributed by atoms with van der Waals surface area (Å²) in [6, 6.07) is 9.10. The van der Waals surface area contributed by atoms with E-state index < -0.39 is 0 Å². The Morgan fingerprint density at radius 2 is 1.89 bits per heavy atom. The number of hydrogen-bond donors (Lipinski definition) is 2. The average Bonchev–Trinajstić information content (AvgIpc) is 2.68. The number of nitrogens with one attached hydrogen (secondary N) is 2. The van der Waals surface area contributed by atoms with Crippen LogP contribution in [0.15, 0.2) is 29.3 Å². The maximum absolute atomic E-state index is 5.15. The molecule has 1 saturated heterocycles. The summed E-state index contributed by atoms with van der Waals surface area (Å²) in [6.45, 7) is 10.2. The monoisotopic (exact) mass is 488 g/mol. The van der Waals surface area contributed by atoms with E-state index in [1.807, 2.05) is 0 Å². The second kappa shape index (κ2) is 14.2. The van der Waals surface area contributed by atoms with Gasteiger partial charge in [0.25, 0.3) is 0 Å². The van der Waals surface area contributed by atoms with Gasteiger partial charge in [-0.2, -0.15) is 0 Å². The molecule has 0 saturated carbocycles. The van der Waals surface area contributed by atoms with Crippen LogP contribution in [0.2, 0.25) is 0 Å². The van der Waals surface area contributed by atoms with Crippen LogP contribution in [-0.2, 0) is 17.7 Å². The van der Waals surface area contributed by atoms with Gasteiger partial charge in [-0.1, -0.05) is 31.2 Å². The number of rotatable bonds is 9. The number of guanidine groups is 1. The lowest BCUT2D eigenvalue weighted by atomic mass is 10.0. The van der Waals surface area contributed by atoms with Gasteiger partial charge in [0, 0.05) is 45.9 Å². The predicted molar refractivity (Wildman–Crippen MR) is 125 cm³/mol. The summed E-state index contributed by atoms with van der Waals surface area (Å²) in [5.41, 5.74) is 2.71.